The number of unbranched alkanes of at least 4 members (excludes halogenated alkanes) is 1. The average molecular weight is 246 g/mol. The molecule has 0 bridgehead atoms. The number of benzene rings is 1. The lowest BCUT2D eigenvalue weighted by molar-refractivity contribution is 0.767. The van der Waals surface area contributed by atoms with Crippen LogP contribution in [0.25, 0.3) is 0 Å². The summed E-state index contributed by atoms with van der Waals surface area (Å²) in [5.41, 5.74) is 4.03. The van der Waals surface area contributed by atoms with Gasteiger partial charge >= 0.3 is 0 Å². The van der Waals surface area contributed by atoms with Crippen LogP contribution in [-0.2, 0) is 0 Å². The normalized spacial score (nSPS) is 22.7. The van der Waals surface area contributed by atoms with Crippen LogP contribution in [0.1, 0.15) is 37.7 Å². The van der Waals surface area contributed by atoms with E-state index in [9.17, 15) is 0 Å². The van der Waals surface area contributed by atoms with Gasteiger partial charge in [-0.25, -0.2) is 5.84 Å². The Balaban J connectivity index is 1.83. The predicted molar refractivity (Wildman–Crippen MR) is 75.3 cm³/mol. The van der Waals surface area contributed by atoms with Gasteiger partial charge in [0.2, 0.25) is 5.96 Å². The number of rotatable bonds is 5. The lowest BCUT2D eigenvalue weighted by atomic mass is 10.1. The molecule has 0 aliphatic heterocycles. The van der Waals surface area contributed by atoms with Crippen molar-refractivity contribution in [3.05, 3.63) is 35.9 Å². The minimum atomic E-state index is 0.462. The number of hydrazine groups is 1. The third-order valence-corrected chi connectivity index (χ3v) is 3.26. The molecule has 1 aliphatic carbocycles. The summed E-state index contributed by atoms with van der Waals surface area (Å²) in [6.07, 6.45) is 3.40. The maximum absolute atomic E-state index is 5.47. The van der Waals surface area contributed by atoms with Gasteiger partial charge in [-0.05, 0) is 18.4 Å². The Hall–Kier alpha value is -1.55. The van der Waals surface area contributed by atoms with Crippen molar-refractivity contribution in [2.45, 2.75) is 38.1 Å². The van der Waals surface area contributed by atoms with E-state index in [0.717, 1.165) is 25.8 Å². The molecule has 98 valence electrons. The number of nitrogens with two attached hydrogens (primary N) is 1. The number of hydrogen-bond acceptors (Lipinski definition) is 2. The van der Waals surface area contributed by atoms with E-state index in [2.05, 4.69) is 46.9 Å². The van der Waals surface area contributed by atoms with E-state index < -0.39 is 0 Å². The van der Waals surface area contributed by atoms with Crippen LogP contribution in [0, 0.1) is 0 Å². The van der Waals surface area contributed by atoms with Crippen molar-refractivity contribution >= 4 is 5.96 Å². The van der Waals surface area contributed by atoms with Crippen LogP contribution in [0.15, 0.2) is 35.3 Å². The highest BCUT2D eigenvalue weighted by Gasteiger charge is 2.38. The average Bonchev–Trinajstić information content (AvgIpc) is 3.18. The molecule has 0 amide bonds. The SMILES string of the molecule is CCCCN=C(NN)NC1CC1c1ccccc1. The number of guanidine groups is 1. The van der Waals surface area contributed by atoms with Gasteiger partial charge in [0.15, 0.2) is 0 Å². The predicted octanol–water partition coefficient (Wildman–Crippen LogP) is 1.75. The molecule has 1 saturated carbocycles. The summed E-state index contributed by atoms with van der Waals surface area (Å²) < 4.78 is 0. The smallest absolute Gasteiger partial charge is 0.205 e. The number of nitrogens with one attached hydrogen (secondary N) is 2. The Bertz CT molecular complexity index is 388. The molecule has 18 heavy (non-hydrogen) atoms. The summed E-state index contributed by atoms with van der Waals surface area (Å²) in [6.45, 7) is 2.98. The first-order valence-corrected chi connectivity index (χ1v) is 6.67. The fraction of sp³-hybridized carbons (Fsp3) is 0.500. The lowest BCUT2D eigenvalue weighted by Crippen LogP contribution is -2.43. The monoisotopic (exact) mass is 246 g/mol. The maximum Gasteiger partial charge on any atom is 0.205 e. The molecule has 1 aromatic rings. The molecule has 0 aromatic heterocycles. The zero-order valence-electron chi connectivity index (χ0n) is 10.9. The van der Waals surface area contributed by atoms with Crippen molar-refractivity contribution in [1.29, 1.82) is 0 Å². The molecule has 2 atom stereocenters. The van der Waals surface area contributed by atoms with Crippen LogP contribution < -0.4 is 16.6 Å². The quantitative estimate of drug-likeness (QED) is 0.244. The summed E-state index contributed by atoms with van der Waals surface area (Å²) in [6, 6.07) is 11.0. The highest BCUT2D eigenvalue weighted by molar-refractivity contribution is 5.80. The second kappa shape index (κ2) is 6.40. The molecule has 1 aromatic carbocycles. The Labute approximate surface area is 109 Å². The fourth-order valence-electron chi connectivity index (χ4n) is 2.08. The molecule has 4 N–H and O–H groups in total. The van der Waals surface area contributed by atoms with E-state index in [1.165, 1.54) is 5.56 Å². The van der Waals surface area contributed by atoms with Crippen LogP contribution in [0.3, 0.4) is 0 Å². The summed E-state index contributed by atoms with van der Waals surface area (Å²) in [4.78, 5) is 4.41. The van der Waals surface area contributed by atoms with E-state index in [0.29, 0.717) is 17.9 Å². The summed E-state index contributed by atoms with van der Waals surface area (Å²) in [5.74, 6) is 6.78. The standard InChI is InChI=1S/C14H22N4/c1-2-3-9-16-14(18-15)17-13-10-12(13)11-7-5-4-6-8-11/h4-8,12-13H,2-3,9-10,15H2,1H3,(H2,16,17,18). The van der Waals surface area contributed by atoms with Crippen molar-refractivity contribution in [2.75, 3.05) is 6.54 Å². The van der Waals surface area contributed by atoms with Crippen molar-refractivity contribution in [3.8, 4) is 0 Å². The highest BCUT2D eigenvalue weighted by Crippen LogP contribution is 2.40. The molecule has 2 rings (SSSR count). The van der Waals surface area contributed by atoms with Gasteiger partial charge < -0.3 is 5.32 Å². The Morgan fingerprint density at radius 2 is 2.17 bits per heavy atom. The first kappa shape index (κ1) is 12.9. The van der Waals surface area contributed by atoms with E-state index in [1.807, 2.05) is 6.07 Å². The molecule has 0 heterocycles. The molecular weight excluding hydrogens is 224 g/mol. The van der Waals surface area contributed by atoms with Crippen LogP contribution in [0.4, 0.5) is 0 Å². The molecule has 0 spiro atoms. The van der Waals surface area contributed by atoms with Gasteiger partial charge in [-0.1, -0.05) is 43.7 Å². The first-order valence-electron chi connectivity index (χ1n) is 6.67. The second-order valence-corrected chi connectivity index (χ2v) is 4.73. The fourth-order valence-corrected chi connectivity index (χ4v) is 2.08. The van der Waals surface area contributed by atoms with E-state index >= 15 is 0 Å². The topological polar surface area (TPSA) is 62.4 Å². The molecule has 4 nitrogen and oxygen atoms in total. The zero-order valence-corrected chi connectivity index (χ0v) is 10.9. The molecule has 1 fully saturated rings. The van der Waals surface area contributed by atoms with Crippen LogP contribution in [-0.4, -0.2) is 18.5 Å². The minimum absolute atomic E-state index is 0.462. The van der Waals surface area contributed by atoms with Crippen molar-refractivity contribution in [1.82, 2.24) is 10.7 Å². The molecule has 2 unspecified atom stereocenters. The molecular formula is C14H22N4. The maximum atomic E-state index is 5.47. The number of hydrogen-bond donors (Lipinski definition) is 3. The lowest BCUT2D eigenvalue weighted by Gasteiger charge is -2.08. The van der Waals surface area contributed by atoms with Gasteiger partial charge in [0.05, 0.1) is 0 Å². The van der Waals surface area contributed by atoms with E-state index in [1.54, 1.807) is 0 Å². The van der Waals surface area contributed by atoms with Gasteiger partial charge in [-0.3, -0.25) is 10.4 Å². The van der Waals surface area contributed by atoms with Gasteiger partial charge in [-0.15, -0.1) is 0 Å². The van der Waals surface area contributed by atoms with E-state index in [4.69, 9.17) is 5.84 Å². The Morgan fingerprint density at radius 1 is 1.39 bits per heavy atom. The van der Waals surface area contributed by atoms with Gasteiger partial charge in [0.1, 0.15) is 0 Å². The van der Waals surface area contributed by atoms with Gasteiger partial charge in [-0.2, -0.15) is 0 Å². The van der Waals surface area contributed by atoms with E-state index in [-0.39, 0.29) is 0 Å². The molecule has 0 saturated heterocycles. The first-order chi connectivity index (χ1) is 8.85. The summed E-state index contributed by atoms with van der Waals surface area (Å²) in [5, 5.41) is 3.36. The van der Waals surface area contributed by atoms with Gasteiger partial charge in [0, 0.05) is 18.5 Å². The number of nitrogens with zero attached hydrogens (tertiary/aromatic N) is 1. The van der Waals surface area contributed by atoms with Crippen LogP contribution in [0.2, 0.25) is 0 Å². The van der Waals surface area contributed by atoms with Gasteiger partial charge in [0.25, 0.3) is 0 Å². The Morgan fingerprint density at radius 3 is 2.83 bits per heavy atom. The third-order valence-electron chi connectivity index (χ3n) is 3.26. The van der Waals surface area contributed by atoms with Crippen LogP contribution in [0.5, 0.6) is 0 Å². The second-order valence-electron chi connectivity index (χ2n) is 4.73. The van der Waals surface area contributed by atoms with Crippen molar-refractivity contribution in [2.24, 2.45) is 10.8 Å². The summed E-state index contributed by atoms with van der Waals surface area (Å²) in [7, 11) is 0. The number of aliphatic imine (C=N–C) groups is 1. The molecule has 4 heteroatoms. The minimum Gasteiger partial charge on any atom is -0.352 e. The molecule has 1 aliphatic rings. The zero-order chi connectivity index (χ0) is 12.8. The van der Waals surface area contributed by atoms with Crippen molar-refractivity contribution < 1.29 is 0 Å². The highest BCUT2D eigenvalue weighted by atomic mass is 15.3. The largest absolute Gasteiger partial charge is 0.352 e. The van der Waals surface area contributed by atoms with Crippen molar-refractivity contribution in [3.63, 3.8) is 0 Å². The Kier molecular flexibility index (Phi) is 4.59. The third kappa shape index (κ3) is 3.47. The van der Waals surface area contributed by atoms with Crippen LogP contribution >= 0.6 is 0 Å². The molecule has 0 radical (unpaired) electrons. The summed E-state index contributed by atoms with van der Waals surface area (Å²) >= 11 is 0.